The number of nitrogens with one attached hydrogen (secondary N) is 1. The highest BCUT2D eigenvalue weighted by Gasteiger charge is 2.28. The smallest absolute Gasteiger partial charge is 0.264 e. The van der Waals surface area contributed by atoms with Gasteiger partial charge in [0.05, 0.1) is 22.5 Å². The topological polar surface area (TPSA) is 91.7 Å². The number of carbonyl (C=O) groups excluding carboxylic acids is 1. The zero-order valence-corrected chi connectivity index (χ0v) is 17.5. The average Bonchev–Trinajstić information content (AvgIpc) is 2.75. The van der Waals surface area contributed by atoms with Gasteiger partial charge in [0.1, 0.15) is 6.54 Å². The molecule has 0 spiro atoms. The first-order chi connectivity index (χ1) is 14.4. The molecule has 1 N–H and O–H groups in total. The minimum absolute atomic E-state index is 0.107. The minimum atomic E-state index is -3.96. The van der Waals surface area contributed by atoms with Gasteiger partial charge in [-0.2, -0.15) is 5.10 Å². The SMILES string of the molecule is Cc1cccc(N(CC(=O)N/N=C\c2ccccn2)S(=O)(=O)c2ccccc2)c1C. The summed E-state index contributed by atoms with van der Waals surface area (Å²) in [5.74, 6) is -0.567. The Morgan fingerprint density at radius 1 is 1.03 bits per heavy atom. The number of aryl methyl sites for hydroxylation is 1. The molecule has 0 aliphatic heterocycles. The number of benzene rings is 2. The summed E-state index contributed by atoms with van der Waals surface area (Å²) in [5.41, 5.74) is 5.10. The Morgan fingerprint density at radius 3 is 2.47 bits per heavy atom. The number of sulfonamides is 1. The summed E-state index contributed by atoms with van der Waals surface area (Å²) in [6, 6.07) is 18.7. The fraction of sp³-hybridized carbons (Fsp3) is 0.136. The molecule has 2 aromatic carbocycles. The van der Waals surface area contributed by atoms with Gasteiger partial charge in [-0.25, -0.2) is 13.8 Å². The largest absolute Gasteiger partial charge is 0.271 e. The number of amides is 1. The summed E-state index contributed by atoms with van der Waals surface area (Å²) in [6.45, 7) is 3.31. The van der Waals surface area contributed by atoms with Crippen molar-refractivity contribution in [1.29, 1.82) is 0 Å². The number of carbonyl (C=O) groups is 1. The molecule has 0 fully saturated rings. The van der Waals surface area contributed by atoms with Crippen LogP contribution in [0, 0.1) is 13.8 Å². The van der Waals surface area contributed by atoms with E-state index in [1.54, 1.807) is 54.7 Å². The molecule has 1 heterocycles. The van der Waals surface area contributed by atoms with Gasteiger partial charge in [-0.3, -0.25) is 14.1 Å². The molecule has 0 radical (unpaired) electrons. The number of rotatable bonds is 7. The highest BCUT2D eigenvalue weighted by atomic mass is 32.2. The van der Waals surface area contributed by atoms with Crippen molar-refractivity contribution in [3.63, 3.8) is 0 Å². The van der Waals surface area contributed by atoms with E-state index in [-0.39, 0.29) is 4.90 Å². The van der Waals surface area contributed by atoms with Gasteiger partial charge in [0.15, 0.2) is 0 Å². The highest BCUT2D eigenvalue weighted by Crippen LogP contribution is 2.28. The molecular weight excluding hydrogens is 400 g/mol. The van der Waals surface area contributed by atoms with Crippen molar-refractivity contribution in [1.82, 2.24) is 10.4 Å². The van der Waals surface area contributed by atoms with E-state index >= 15 is 0 Å². The van der Waals surface area contributed by atoms with Crippen molar-refractivity contribution < 1.29 is 13.2 Å². The van der Waals surface area contributed by atoms with Crippen molar-refractivity contribution in [2.24, 2.45) is 5.10 Å². The van der Waals surface area contributed by atoms with Crippen LogP contribution < -0.4 is 9.73 Å². The first-order valence-electron chi connectivity index (χ1n) is 9.26. The lowest BCUT2D eigenvalue weighted by atomic mass is 10.1. The van der Waals surface area contributed by atoms with E-state index < -0.39 is 22.5 Å². The summed E-state index contributed by atoms with van der Waals surface area (Å²) < 4.78 is 27.8. The van der Waals surface area contributed by atoms with Crippen molar-refractivity contribution in [3.05, 3.63) is 89.7 Å². The second-order valence-electron chi connectivity index (χ2n) is 6.59. The quantitative estimate of drug-likeness (QED) is 0.468. The van der Waals surface area contributed by atoms with Crippen LogP contribution in [0.25, 0.3) is 0 Å². The van der Waals surface area contributed by atoms with E-state index in [0.29, 0.717) is 11.4 Å². The van der Waals surface area contributed by atoms with E-state index in [1.807, 2.05) is 19.9 Å². The van der Waals surface area contributed by atoms with Crippen LogP contribution in [-0.2, 0) is 14.8 Å². The summed E-state index contributed by atoms with van der Waals surface area (Å²) in [4.78, 5) is 16.7. The predicted octanol–water partition coefficient (Wildman–Crippen LogP) is 3.04. The van der Waals surface area contributed by atoms with Gasteiger partial charge in [-0.1, -0.05) is 36.4 Å². The third-order valence-electron chi connectivity index (χ3n) is 4.54. The first kappa shape index (κ1) is 21.2. The van der Waals surface area contributed by atoms with Gasteiger partial charge in [0.25, 0.3) is 15.9 Å². The number of pyridine rings is 1. The number of aromatic nitrogens is 1. The fourth-order valence-corrected chi connectivity index (χ4v) is 4.31. The zero-order valence-electron chi connectivity index (χ0n) is 16.7. The van der Waals surface area contributed by atoms with Crippen LogP contribution in [-0.4, -0.2) is 32.1 Å². The molecule has 0 aliphatic rings. The second kappa shape index (κ2) is 9.32. The molecule has 0 atom stereocenters. The lowest BCUT2D eigenvalue weighted by Gasteiger charge is -2.26. The first-order valence-corrected chi connectivity index (χ1v) is 10.7. The Balaban J connectivity index is 1.89. The van der Waals surface area contributed by atoms with Crippen LogP contribution in [0.5, 0.6) is 0 Å². The molecule has 30 heavy (non-hydrogen) atoms. The molecule has 0 bridgehead atoms. The maximum Gasteiger partial charge on any atom is 0.264 e. The summed E-state index contributed by atoms with van der Waals surface area (Å²) in [7, 11) is -3.96. The monoisotopic (exact) mass is 422 g/mol. The van der Waals surface area contributed by atoms with Crippen molar-refractivity contribution >= 4 is 27.8 Å². The lowest BCUT2D eigenvalue weighted by Crippen LogP contribution is -2.40. The molecule has 1 amide bonds. The standard InChI is InChI=1S/C22H22N4O3S/c1-17-9-8-13-21(18(17)2)26(30(28,29)20-11-4-3-5-12-20)16-22(27)25-24-15-19-10-6-7-14-23-19/h3-15H,16H2,1-2H3,(H,25,27)/b24-15-. The maximum atomic E-state index is 13.3. The molecule has 8 heteroatoms. The van der Waals surface area contributed by atoms with Crippen LogP contribution in [0.4, 0.5) is 5.69 Å². The second-order valence-corrected chi connectivity index (χ2v) is 8.45. The van der Waals surface area contributed by atoms with Crippen LogP contribution in [0.15, 0.2) is 82.9 Å². The molecule has 1 aromatic heterocycles. The molecule has 154 valence electrons. The fourth-order valence-electron chi connectivity index (χ4n) is 2.81. The van der Waals surface area contributed by atoms with Crippen molar-refractivity contribution in [3.8, 4) is 0 Å². The average molecular weight is 423 g/mol. The number of hydrazone groups is 1. The molecular formula is C22H22N4O3S. The van der Waals surface area contributed by atoms with E-state index in [9.17, 15) is 13.2 Å². The van der Waals surface area contributed by atoms with E-state index in [1.165, 1.54) is 18.3 Å². The van der Waals surface area contributed by atoms with Gasteiger partial charge in [-0.15, -0.1) is 0 Å². The number of nitrogens with zero attached hydrogens (tertiary/aromatic N) is 3. The van der Waals surface area contributed by atoms with Crippen molar-refractivity contribution in [2.75, 3.05) is 10.8 Å². The molecule has 3 aromatic rings. The van der Waals surface area contributed by atoms with Gasteiger partial charge in [0.2, 0.25) is 0 Å². The zero-order chi connectivity index (χ0) is 21.6. The molecule has 0 unspecified atom stereocenters. The Bertz CT molecular complexity index is 1150. The molecule has 3 rings (SSSR count). The van der Waals surface area contributed by atoms with E-state index in [0.717, 1.165) is 15.4 Å². The Hall–Kier alpha value is -3.52. The van der Waals surface area contributed by atoms with Gasteiger partial charge in [0, 0.05) is 6.20 Å². The molecule has 0 aliphatic carbocycles. The van der Waals surface area contributed by atoms with Gasteiger partial charge >= 0.3 is 0 Å². The van der Waals surface area contributed by atoms with Crippen LogP contribution in [0.3, 0.4) is 0 Å². The third-order valence-corrected chi connectivity index (χ3v) is 6.31. The molecule has 7 nitrogen and oxygen atoms in total. The van der Waals surface area contributed by atoms with E-state index in [2.05, 4.69) is 15.5 Å². The number of anilines is 1. The third kappa shape index (κ3) is 4.90. The highest BCUT2D eigenvalue weighted by molar-refractivity contribution is 7.92. The van der Waals surface area contributed by atoms with Crippen LogP contribution in [0.2, 0.25) is 0 Å². The van der Waals surface area contributed by atoms with Crippen LogP contribution >= 0.6 is 0 Å². The Morgan fingerprint density at radius 2 is 1.77 bits per heavy atom. The number of hydrogen-bond donors (Lipinski definition) is 1. The maximum absolute atomic E-state index is 13.3. The lowest BCUT2D eigenvalue weighted by molar-refractivity contribution is -0.119. The summed E-state index contributed by atoms with van der Waals surface area (Å²) in [5, 5.41) is 3.87. The Kier molecular flexibility index (Phi) is 6.58. The normalized spacial score (nSPS) is 11.4. The number of hydrogen-bond acceptors (Lipinski definition) is 5. The van der Waals surface area contributed by atoms with Gasteiger partial charge < -0.3 is 0 Å². The Labute approximate surface area is 176 Å². The van der Waals surface area contributed by atoms with Gasteiger partial charge in [-0.05, 0) is 55.3 Å². The molecule has 0 saturated heterocycles. The summed E-state index contributed by atoms with van der Waals surface area (Å²) in [6.07, 6.45) is 3.00. The molecule has 0 saturated carbocycles. The van der Waals surface area contributed by atoms with E-state index in [4.69, 9.17) is 0 Å². The minimum Gasteiger partial charge on any atom is -0.271 e. The van der Waals surface area contributed by atoms with Crippen molar-refractivity contribution in [2.45, 2.75) is 18.7 Å². The summed E-state index contributed by atoms with van der Waals surface area (Å²) >= 11 is 0. The predicted molar refractivity (Wildman–Crippen MR) is 117 cm³/mol. The van der Waals surface area contributed by atoms with Crippen LogP contribution in [0.1, 0.15) is 16.8 Å².